The number of methoxy groups -OCH3 is 2. The first-order valence-corrected chi connectivity index (χ1v) is 13.3. The van der Waals surface area contributed by atoms with E-state index in [0.717, 1.165) is 18.5 Å². The molecule has 2 aromatic heterocycles. The average Bonchev–Trinajstić information content (AvgIpc) is 3.12. The van der Waals surface area contributed by atoms with Gasteiger partial charge in [0.1, 0.15) is 23.1 Å². The van der Waals surface area contributed by atoms with Crippen molar-refractivity contribution < 1.29 is 27.8 Å². The lowest BCUT2D eigenvalue weighted by molar-refractivity contribution is 0.0764. The second-order valence-corrected chi connectivity index (χ2v) is 9.88. The number of ether oxygens (including phenoxy) is 3. The predicted octanol–water partition coefficient (Wildman–Crippen LogP) is 5.38. The summed E-state index contributed by atoms with van der Waals surface area (Å²) in [5, 5.41) is 3.27. The van der Waals surface area contributed by atoms with Crippen LogP contribution in [0.25, 0.3) is 11.3 Å². The SMILES string of the molecule is COc1ccc(CN2Cc3nc(-c4c(F)cccc4F)cc(Cc4ccc5c(n4)NCCCO5)c3C2=O)c(OC)c1. The third-order valence-corrected chi connectivity index (χ3v) is 7.25. The summed E-state index contributed by atoms with van der Waals surface area (Å²) in [5.41, 5.74) is 2.82. The molecule has 2 aromatic carbocycles. The fourth-order valence-electron chi connectivity index (χ4n) is 5.25. The highest BCUT2D eigenvalue weighted by Crippen LogP contribution is 2.35. The minimum absolute atomic E-state index is 0.127. The lowest BCUT2D eigenvalue weighted by Gasteiger charge is -2.18. The third kappa shape index (κ3) is 5.13. The number of pyridine rings is 2. The first kappa shape index (κ1) is 26.5. The van der Waals surface area contributed by atoms with Crippen molar-refractivity contribution in [3.8, 4) is 28.5 Å². The zero-order valence-corrected chi connectivity index (χ0v) is 22.7. The summed E-state index contributed by atoms with van der Waals surface area (Å²) in [6.07, 6.45) is 1.11. The van der Waals surface area contributed by atoms with E-state index < -0.39 is 11.6 Å². The molecule has 0 spiro atoms. The van der Waals surface area contributed by atoms with E-state index in [1.165, 1.54) is 18.2 Å². The van der Waals surface area contributed by atoms with Crippen LogP contribution in [-0.2, 0) is 19.5 Å². The normalized spacial score (nSPS) is 14.0. The molecule has 0 aliphatic carbocycles. The Kier molecular flexibility index (Phi) is 7.13. The van der Waals surface area contributed by atoms with Gasteiger partial charge in [0.25, 0.3) is 5.91 Å². The number of carbonyl (C=O) groups excluding carboxylic acids is 1. The molecule has 0 saturated carbocycles. The number of hydrogen-bond donors (Lipinski definition) is 1. The van der Waals surface area contributed by atoms with Crippen LogP contribution in [0.15, 0.2) is 54.6 Å². The van der Waals surface area contributed by atoms with Crippen LogP contribution in [-0.4, -0.2) is 48.1 Å². The Bertz CT molecular complexity index is 1620. The fraction of sp³-hybridized carbons (Fsp3) is 0.258. The van der Waals surface area contributed by atoms with E-state index in [9.17, 15) is 13.6 Å². The topological polar surface area (TPSA) is 85.8 Å². The second kappa shape index (κ2) is 11.0. The molecule has 2 aliphatic heterocycles. The molecule has 1 amide bonds. The van der Waals surface area contributed by atoms with Gasteiger partial charge in [-0.05, 0) is 54.4 Å². The lowest BCUT2D eigenvalue weighted by Crippen LogP contribution is -2.24. The molecule has 6 rings (SSSR count). The van der Waals surface area contributed by atoms with Gasteiger partial charge in [-0.15, -0.1) is 0 Å². The second-order valence-electron chi connectivity index (χ2n) is 9.88. The largest absolute Gasteiger partial charge is 0.497 e. The Morgan fingerprint density at radius 3 is 2.59 bits per heavy atom. The first-order chi connectivity index (χ1) is 19.9. The smallest absolute Gasteiger partial charge is 0.256 e. The van der Waals surface area contributed by atoms with Gasteiger partial charge in [-0.3, -0.25) is 4.79 Å². The number of anilines is 1. The highest BCUT2D eigenvalue weighted by atomic mass is 19.1. The highest BCUT2D eigenvalue weighted by molar-refractivity contribution is 5.99. The van der Waals surface area contributed by atoms with Gasteiger partial charge in [-0.25, -0.2) is 18.7 Å². The zero-order valence-electron chi connectivity index (χ0n) is 22.7. The number of aromatic nitrogens is 2. The summed E-state index contributed by atoms with van der Waals surface area (Å²) >= 11 is 0. The standard InChI is InChI=1S/C31H28F2N4O4/c1-39-21-9-7-18(27(15-21)40-2)16-37-17-25-28(31(37)38)19(14-24(36-25)29-22(32)5-3-6-23(29)33)13-20-8-10-26-30(35-20)34-11-4-12-41-26/h3,5-10,14-15H,4,11-13,16-17H2,1-2H3,(H,34,35). The number of fused-ring (bicyclic) bond motifs is 2. The highest BCUT2D eigenvalue weighted by Gasteiger charge is 2.33. The van der Waals surface area contributed by atoms with Crippen LogP contribution in [0, 0.1) is 11.6 Å². The van der Waals surface area contributed by atoms with Crippen molar-refractivity contribution in [1.82, 2.24) is 14.9 Å². The summed E-state index contributed by atoms with van der Waals surface area (Å²) in [5.74, 6) is 0.836. The number of halogens is 2. The van der Waals surface area contributed by atoms with Gasteiger partial charge in [-0.2, -0.15) is 0 Å². The molecule has 4 aromatic rings. The number of benzene rings is 2. The van der Waals surface area contributed by atoms with Crippen LogP contribution in [0.3, 0.4) is 0 Å². The Morgan fingerprint density at radius 1 is 0.976 bits per heavy atom. The van der Waals surface area contributed by atoms with Crippen molar-refractivity contribution in [1.29, 1.82) is 0 Å². The molecule has 10 heteroatoms. The maximum atomic E-state index is 14.8. The molecule has 41 heavy (non-hydrogen) atoms. The van der Waals surface area contributed by atoms with E-state index in [1.807, 2.05) is 18.2 Å². The lowest BCUT2D eigenvalue weighted by atomic mass is 9.98. The van der Waals surface area contributed by atoms with E-state index in [-0.39, 0.29) is 36.7 Å². The molecule has 0 bridgehead atoms. The van der Waals surface area contributed by atoms with E-state index in [0.29, 0.717) is 52.2 Å². The summed E-state index contributed by atoms with van der Waals surface area (Å²) in [4.78, 5) is 24.8. The zero-order chi connectivity index (χ0) is 28.5. The maximum absolute atomic E-state index is 14.8. The van der Waals surface area contributed by atoms with Crippen LogP contribution >= 0.6 is 0 Å². The van der Waals surface area contributed by atoms with E-state index in [2.05, 4.69) is 10.3 Å². The monoisotopic (exact) mass is 558 g/mol. The van der Waals surface area contributed by atoms with Gasteiger partial charge in [0.15, 0.2) is 11.6 Å². The Labute approximate surface area is 235 Å². The predicted molar refractivity (Wildman–Crippen MR) is 148 cm³/mol. The van der Waals surface area contributed by atoms with Gasteiger partial charge >= 0.3 is 0 Å². The summed E-state index contributed by atoms with van der Waals surface area (Å²) in [6.45, 7) is 1.75. The molecule has 4 heterocycles. The van der Waals surface area contributed by atoms with Gasteiger partial charge in [0.2, 0.25) is 0 Å². The van der Waals surface area contributed by atoms with Gasteiger partial charge in [0.05, 0.1) is 56.4 Å². The molecule has 0 atom stereocenters. The van der Waals surface area contributed by atoms with Gasteiger partial charge in [-0.1, -0.05) is 6.07 Å². The molecular weight excluding hydrogens is 530 g/mol. The summed E-state index contributed by atoms with van der Waals surface area (Å²) < 4.78 is 46.3. The fourth-order valence-corrected chi connectivity index (χ4v) is 5.25. The Hall–Kier alpha value is -4.73. The third-order valence-electron chi connectivity index (χ3n) is 7.25. The number of carbonyl (C=O) groups is 1. The summed E-state index contributed by atoms with van der Waals surface area (Å²) in [7, 11) is 3.13. The van der Waals surface area contributed by atoms with E-state index in [4.69, 9.17) is 19.2 Å². The quantitative estimate of drug-likeness (QED) is 0.326. The molecule has 2 aliphatic rings. The van der Waals surface area contributed by atoms with Crippen LogP contribution < -0.4 is 19.5 Å². The molecule has 210 valence electrons. The Morgan fingerprint density at radius 2 is 1.80 bits per heavy atom. The molecule has 1 N–H and O–H groups in total. The van der Waals surface area contributed by atoms with Gasteiger partial charge < -0.3 is 24.4 Å². The van der Waals surface area contributed by atoms with E-state index >= 15 is 0 Å². The molecule has 0 saturated heterocycles. The van der Waals surface area contributed by atoms with Crippen LogP contribution in [0.5, 0.6) is 17.2 Å². The van der Waals surface area contributed by atoms with Crippen molar-refractivity contribution in [2.45, 2.75) is 25.9 Å². The molecule has 8 nitrogen and oxygen atoms in total. The minimum Gasteiger partial charge on any atom is -0.497 e. The maximum Gasteiger partial charge on any atom is 0.256 e. The molecular formula is C31H28F2N4O4. The number of amides is 1. The first-order valence-electron chi connectivity index (χ1n) is 13.3. The van der Waals surface area contributed by atoms with Crippen molar-refractivity contribution in [3.63, 3.8) is 0 Å². The number of hydrogen-bond acceptors (Lipinski definition) is 7. The van der Waals surface area contributed by atoms with Gasteiger partial charge in [0, 0.05) is 30.3 Å². The van der Waals surface area contributed by atoms with Crippen LogP contribution in [0.2, 0.25) is 0 Å². The molecule has 0 unspecified atom stereocenters. The number of rotatable bonds is 7. The molecule has 0 fully saturated rings. The minimum atomic E-state index is -0.725. The van der Waals surface area contributed by atoms with Crippen molar-refractivity contribution in [3.05, 3.63) is 94.3 Å². The van der Waals surface area contributed by atoms with Crippen molar-refractivity contribution in [2.75, 3.05) is 32.7 Å². The van der Waals surface area contributed by atoms with Crippen molar-refractivity contribution >= 4 is 11.7 Å². The van der Waals surface area contributed by atoms with Crippen LogP contribution in [0.1, 0.15) is 39.3 Å². The number of nitrogens with zero attached hydrogens (tertiary/aromatic N) is 3. The average molecular weight is 559 g/mol. The number of nitrogens with one attached hydrogen (secondary N) is 1. The summed E-state index contributed by atoms with van der Waals surface area (Å²) in [6, 6.07) is 14.4. The molecule has 0 radical (unpaired) electrons. The van der Waals surface area contributed by atoms with Crippen LogP contribution in [0.4, 0.5) is 14.6 Å². The van der Waals surface area contributed by atoms with Crippen molar-refractivity contribution in [2.24, 2.45) is 0 Å². The van der Waals surface area contributed by atoms with E-state index in [1.54, 1.807) is 37.3 Å². The Balaban J connectivity index is 1.40.